The number of aryl methyl sites for hydroxylation is 2. The molecule has 0 aliphatic rings. The number of rotatable bonds is 1. The minimum atomic E-state index is 0.908. The summed E-state index contributed by atoms with van der Waals surface area (Å²) >= 11 is 0. The van der Waals surface area contributed by atoms with Crippen LogP contribution in [0.1, 0.15) is 11.1 Å². The lowest BCUT2D eigenvalue weighted by Gasteiger charge is -2.02. The molecule has 0 aliphatic heterocycles. The van der Waals surface area contributed by atoms with E-state index < -0.39 is 0 Å². The molecule has 53 valence electrons. The fourth-order valence-corrected chi connectivity index (χ4v) is 0.946. The van der Waals surface area contributed by atoms with Crippen molar-refractivity contribution in [1.82, 2.24) is 0 Å². The van der Waals surface area contributed by atoms with Crippen LogP contribution in [0.15, 0.2) is 12.1 Å². The average Bonchev–Trinajstić information content (AvgIpc) is 1.88. The summed E-state index contributed by atoms with van der Waals surface area (Å²) < 4.78 is 5.07. The van der Waals surface area contributed by atoms with Gasteiger partial charge in [0.1, 0.15) is 5.75 Å². The van der Waals surface area contributed by atoms with Gasteiger partial charge in [0.05, 0.1) is 7.11 Å². The van der Waals surface area contributed by atoms with Crippen LogP contribution >= 0.6 is 0 Å². The number of methoxy groups -OCH3 is 1. The van der Waals surface area contributed by atoms with Crippen molar-refractivity contribution in [2.24, 2.45) is 0 Å². The Bertz CT molecular complexity index is 228. The number of hydrogen-bond donors (Lipinski definition) is 0. The fraction of sp³-hybridized carbons (Fsp3) is 0.333. The van der Waals surface area contributed by atoms with Crippen LogP contribution in [0.4, 0.5) is 0 Å². The van der Waals surface area contributed by atoms with Crippen LogP contribution in [0, 0.1) is 19.9 Å². The van der Waals surface area contributed by atoms with E-state index >= 15 is 0 Å². The van der Waals surface area contributed by atoms with Crippen LogP contribution in [0.3, 0.4) is 0 Å². The molecule has 0 atom stereocenters. The predicted molar refractivity (Wildman–Crippen MR) is 41.3 cm³/mol. The predicted octanol–water partition coefficient (Wildman–Crippen LogP) is 2.11. The Labute approximate surface area is 61.6 Å². The molecule has 1 radical (unpaired) electrons. The first-order valence-corrected chi connectivity index (χ1v) is 3.27. The Kier molecular flexibility index (Phi) is 1.95. The molecule has 0 aliphatic carbocycles. The lowest BCUT2D eigenvalue weighted by atomic mass is 10.1. The van der Waals surface area contributed by atoms with Gasteiger partial charge in [-0.1, -0.05) is 6.07 Å². The first kappa shape index (κ1) is 7.13. The van der Waals surface area contributed by atoms with E-state index in [1.807, 2.05) is 26.0 Å². The standard InChI is InChI=1S/C9H11O/c1-7-4-5-9(10-3)8(2)6-7/h4-5H,1-3H3. The van der Waals surface area contributed by atoms with E-state index in [1.165, 1.54) is 0 Å². The zero-order chi connectivity index (χ0) is 7.56. The molecule has 1 rings (SSSR count). The molecule has 0 fully saturated rings. The SMILES string of the molecule is COc1ccc(C)[c]c1C. The molecular formula is C9H11O. The van der Waals surface area contributed by atoms with Gasteiger partial charge in [0, 0.05) is 0 Å². The molecule has 1 heteroatoms. The Morgan fingerprint density at radius 3 is 2.50 bits per heavy atom. The van der Waals surface area contributed by atoms with E-state index in [1.54, 1.807) is 7.11 Å². The molecule has 0 amide bonds. The Hall–Kier alpha value is -0.980. The topological polar surface area (TPSA) is 9.23 Å². The van der Waals surface area contributed by atoms with Gasteiger partial charge in [-0.2, -0.15) is 0 Å². The molecule has 0 saturated heterocycles. The zero-order valence-electron chi connectivity index (χ0n) is 6.56. The van der Waals surface area contributed by atoms with Crippen molar-refractivity contribution >= 4 is 0 Å². The van der Waals surface area contributed by atoms with Gasteiger partial charge in [-0.3, -0.25) is 0 Å². The van der Waals surface area contributed by atoms with Gasteiger partial charge in [0.2, 0.25) is 0 Å². The monoisotopic (exact) mass is 135 g/mol. The Morgan fingerprint density at radius 2 is 2.00 bits per heavy atom. The second kappa shape index (κ2) is 2.74. The maximum atomic E-state index is 5.07. The van der Waals surface area contributed by atoms with E-state index in [2.05, 4.69) is 6.07 Å². The Morgan fingerprint density at radius 1 is 1.30 bits per heavy atom. The van der Waals surface area contributed by atoms with Gasteiger partial charge in [0.15, 0.2) is 0 Å². The number of hydrogen-bond acceptors (Lipinski definition) is 1. The summed E-state index contributed by atoms with van der Waals surface area (Å²) in [5.41, 5.74) is 2.22. The lowest BCUT2D eigenvalue weighted by Crippen LogP contribution is -1.86. The van der Waals surface area contributed by atoms with Crippen LogP contribution in [0.5, 0.6) is 5.75 Å². The highest BCUT2D eigenvalue weighted by Gasteiger charge is 1.95. The van der Waals surface area contributed by atoms with Gasteiger partial charge in [-0.05, 0) is 37.1 Å². The molecule has 1 nitrogen and oxygen atoms in total. The molecule has 0 heterocycles. The van der Waals surface area contributed by atoms with Crippen molar-refractivity contribution in [2.45, 2.75) is 13.8 Å². The minimum Gasteiger partial charge on any atom is -0.496 e. The molecule has 0 aromatic heterocycles. The fourth-order valence-electron chi connectivity index (χ4n) is 0.946. The van der Waals surface area contributed by atoms with E-state index in [0.29, 0.717) is 0 Å². The van der Waals surface area contributed by atoms with Gasteiger partial charge in [-0.25, -0.2) is 0 Å². The third-order valence-corrected chi connectivity index (χ3v) is 1.46. The molecular weight excluding hydrogens is 124 g/mol. The normalized spacial score (nSPS) is 9.50. The van der Waals surface area contributed by atoms with Crippen molar-refractivity contribution in [3.8, 4) is 5.75 Å². The smallest absolute Gasteiger partial charge is 0.122 e. The second-order valence-corrected chi connectivity index (χ2v) is 2.33. The first-order chi connectivity index (χ1) is 4.74. The van der Waals surface area contributed by atoms with Gasteiger partial charge in [-0.15, -0.1) is 0 Å². The quantitative estimate of drug-likeness (QED) is 0.573. The summed E-state index contributed by atoms with van der Waals surface area (Å²) in [7, 11) is 1.67. The van der Waals surface area contributed by atoms with Crippen LogP contribution in [0.25, 0.3) is 0 Å². The zero-order valence-corrected chi connectivity index (χ0v) is 6.56. The van der Waals surface area contributed by atoms with E-state index in [4.69, 9.17) is 4.74 Å². The van der Waals surface area contributed by atoms with Crippen LogP contribution in [0.2, 0.25) is 0 Å². The van der Waals surface area contributed by atoms with Crippen LogP contribution < -0.4 is 4.74 Å². The van der Waals surface area contributed by atoms with E-state index in [-0.39, 0.29) is 0 Å². The third kappa shape index (κ3) is 1.29. The largest absolute Gasteiger partial charge is 0.496 e. The molecule has 1 aromatic carbocycles. The van der Waals surface area contributed by atoms with Gasteiger partial charge < -0.3 is 4.74 Å². The highest BCUT2D eigenvalue weighted by Crippen LogP contribution is 2.16. The molecule has 0 unspecified atom stereocenters. The van der Waals surface area contributed by atoms with Crippen LogP contribution in [-0.4, -0.2) is 7.11 Å². The summed E-state index contributed by atoms with van der Waals surface area (Å²) in [6, 6.07) is 7.12. The molecule has 1 aromatic rings. The maximum absolute atomic E-state index is 5.07. The average molecular weight is 135 g/mol. The lowest BCUT2D eigenvalue weighted by molar-refractivity contribution is 0.411. The Balaban J connectivity index is 3.07. The van der Waals surface area contributed by atoms with Crippen molar-refractivity contribution in [3.05, 3.63) is 29.3 Å². The second-order valence-electron chi connectivity index (χ2n) is 2.33. The van der Waals surface area contributed by atoms with Gasteiger partial charge >= 0.3 is 0 Å². The number of ether oxygens (including phenoxy) is 1. The molecule has 0 spiro atoms. The summed E-state index contributed by atoms with van der Waals surface area (Å²) in [6.45, 7) is 4.01. The number of benzene rings is 1. The first-order valence-electron chi connectivity index (χ1n) is 3.27. The highest BCUT2D eigenvalue weighted by atomic mass is 16.5. The van der Waals surface area contributed by atoms with Gasteiger partial charge in [0.25, 0.3) is 0 Å². The highest BCUT2D eigenvalue weighted by molar-refractivity contribution is 5.34. The van der Waals surface area contributed by atoms with Crippen molar-refractivity contribution in [1.29, 1.82) is 0 Å². The third-order valence-electron chi connectivity index (χ3n) is 1.46. The maximum Gasteiger partial charge on any atom is 0.122 e. The van der Waals surface area contributed by atoms with Crippen molar-refractivity contribution in [3.63, 3.8) is 0 Å². The van der Waals surface area contributed by atoms with E-state index in [9.17, 15) is 0 Å². The molecule has 10 heavy (non-hydrogen) atoms. The summed E-state index contributed by atoms with van der Waals surface area (Å²) in [4.78, 5) is 0. The van der Waals surface area contributed by atoms with E-state index in [0.717, 1.165) is 16.9 Å². The summed E-state index contributed by atoms with van der Waals surface area (Å²) in [5, 5.41) is 0. The van der Waals surface area contributed by atoms with Crippen molar-refractivity contribution in [2.75, 3.05) is 7.11 Å². The van der Waals surface area contributed by atoms with Crippen molar-refractivity contribution < 1.29 is 4.74 Å². The molecule has 0 bridgehead atoms. The molecule has 0 N–H and O–H groups in total. The minimum absolute atomic E-state index is 0.908. The summed E-state index contributed by atoms with van der Waals surface area (Å²) in [5.74, 6) is 0.908. The van der Waals surface area contributed by atoms with Crippen LogP contribution in [-0.2, 0) is 0 Å². The summed E-state index contributed by atoms with van der Waals surface area (Å²) in [6.07, 6.45) is 0. The molecule has 0 saturated carbocycles.